The van der Waals surface area contributed by atoms with Crippen molar-refractivity contribution in [3.8, 4) is 5.88 Å². The lowest BCUT2D eigenvalue weighted by molar-refractivity contribution is -0.126. The number of aliphatic hydroxyl groups is 1. The lowest BCUT2D eigenvalue weighted by Crippen LogP contribution is -2.08. The summed E-state index contributed by atoms with van der Waals surface area (Å²) in [5.41, 5.74) is 1.42. The number of hydrogen-bond acceptors (Lipinski definition) is 4. The van der Waals surface area contributed by atoms with Gasteiger partial charge in [-0.15, -0.1) is 10.2 Å². The Balaban J connectivity index is 1.92. The first-order valence-corrected chi connectivity index (χ1v) is 7.04. The van der Waals surface area contributed by atoms with Crippen LogP contribution in [0.3, 0.4) is 0 Å². The standard InChI is InChI=1S/C17H15N3O3/c1-20-13-10-6-5-9-12(13)14(17(20)23)18-19-16(22)15(21)11-7-3-2-4-8-11/h2-10,15,21,23H,1H3/t15-/m0/s1. The first-order valence-electron chi connectivity index (χ1n) is 7.04. The van der Waals surface area contributed by atoms with Gasteiger partial charge in [0.15, 0.2) is 11.8 Å². The number of aromatic hydroxyl groups is 1. The van der Waals surface area contributed by atoms with Gasteiger partial charge in [-0.05, 0) is 11.6 Å². The molecule has 0 fully saturated rings. The van der Waals surface area contributed by atoms with E-state index in [1.54, 1.807) is 54.1 Å². The lowest BCUT2D eigenvalue weighted by Gasteiger charge is -2.04. The average Bonchev–Trinajstić information content (AvgIpc) is 2.84. The molecule has 2 aromatic carbocycles. The van der Waals surface area contributed by atoms with Crippen LogP contribution in [0.5, 0.6) is 5.88 Å². The zero-order valence-electron chi connectivity index (χ0n) is 12.4. The maximum atomic E-state index is 12.0. The van der Waals surface area contributed by atoms with Gasteiger partial charge >= 0.3 is 0 Å². The zero-order valence-corrected chi connectivity index (χ0v) is 12.4. The average molecular weight is 309 g/mol. The molecule has 0 bridgehead atoms. The van der Waals surface area contributed by atoms with Gasteiger partial charge in [-0.3, -0.25) is 4.79 Å². The van der Waals surface area contributed by atoms with Crippen molar-refractivity contribution in [3.05, 3.63) is 60.2 Å². The summed E-state index contributed by atoms with van der Waals surface area (Å²) in [5.74, 6) is -0.875. The molecular formula is C17H15N3O3. The quantitative estimate of drug-likeness (QED) is 0.728. The van der Waals surface area contributed by atoms with Gasteiger partial charge in [-0.1, -0.05) is 48.5 Å². The minimum absolute atomic E-state index is 0.0862. The van der Waals surface area contributed by atoms with E-state index >= 15 is 0 Å². The smallest absolute Gasteiger partial charge is 0.297 e. The minimum atomic E-state index is -1.38. The van der Waals surface area contributed by atoms with Gasteiger partial charge in [0.25, 0.3) is 5.91 Å². The highest BCUT2D eigenvalue weighted by atomic mass is 16.3. The highest BCUT2D eigenvalue weighted by Gasteiger charge is 2.18. The topological polar surface area (TPSA) is 87.2 Å². The summed E-state index contributed by atoms with van der Waals surface area (Å²) >= 11 is 0. The summed E-state index contributed by atoms with van der Waals surface area (Å²) in [6.45, 7) is 0. The molecule has 6 heteroatoms. The highest BCUT2D eigenvalue weighted by Crippen LogP contribution is 2.37. The third-order valence-corrected chi connectivity index (χ3v) is 3.65. The van der Waals surface area contributed by atoms with Crippen molar-refractivity contribution in [1.29, 1.82) is 0 Å². The molecule has 0 aliphatic heterocycles. The monoisotopic (exact) mass is 309 g/mol. The lowest BCUT2D eigenvalue weighted by atomic mass is 10.1. The van der Waals surface area contributed by atoms with Crippen LogP contribution >= 0.6 is 0 Å². The van der Waals surface area contributed by atoms with Crippen molar-refractivity contribution < 1.29 is 15.0 Å². The normalized spacial score (nSPS) is 12.8. The number of aryl methyl sites for hydroxylation is 1. The number of nitrogens with zero attached hydrogens (tertiary/aromatic N) is 3. The zero-order chi connectivity index (χ0) is 16.4. The van der Waals surface area contributed by atoms with Gasteiger partial charge in [-0.25, -0.2) is 0 Å². The van der Waals surface area contributed by atoms with E-state index in [0.717, 1.165) is 5.52 Å². The van der Waals surface area contributed by atoms with Crippen molar-refractivity contribution in [2.45, 2.75) is 6.10 Å². The van der Waals surface area contributed by atoms with Crippen molar-refractivity contribution >= 4 is 22.5 Å². The summed E-state index contributed by atoms with van der Waals surface area (Å²) in [5, 5.41) is 28.2. The molecule has 0 unspecified atom stereocenters. The summed E-state index contributed by atoms with van der Waals surface area (Å²) in [4.78, 5) is 12.0. The van der Waals surface area contributed by atoms with Crippen LogP contribution in [0.25, 0.3) is 10.9 Å². The molecule has 0 aliphatic carbocycles. The summed E-state index contributed by atoms with van der Waals surface area (Å²) < 4.78 is 1.56. The molecule has 0 saturated heterocycles. The third-order valence-electron chi connectivity index (χ3n) is 3.65. The second-order valence-electron chi connectivity index (χ2n) is 5.10. The molecule has 1 amide bonds. The molecule has 1 atom stereocenters. The number of aliphatic hydroxyl groups excluding tert-OH is 1. The first kappa shape index (κ1) is 14.9. The summed E-state index contributed by atoms with van der Waals surface area (Å²) in [7, 11) is 1.69. The SMILES string of the molecule is Cn1c(O)c(N=NC(=O)[C@@H](O)c2ccccc2)c2ccccc21. The van der Waals surface area contributed by atoms with Crippen LogP contribution in [0.1, 0.15) is 11.7 Å². The van der Waals surface area contributed by atoms with Crippen LogP contribution < -0.4 is 0 Å². The van der Waals surface area contributed by atoms with E-state index in [1.807, 2.05) is 12.1 Å². The highest BCUT2D eigenvalue weighted by molar-refractivity contribution is 5.95. The van der Waals surface area contributed by atoms with Crippen molar-refractivity contribution in [2.75, 3.05) is 0 Å². The number of azo groups is 1. The Hall–Kier alpha value is -2.99. The number of rotatable bonds is 3. The Morgan fingerprint density at radius 3 is 2.48 bits per heavy atom. The molecule has 0 aliphatic rings. The summed E-state index contributed by atoms with van der Waals surface area (Å²) in [6.07, 6.45) is -1.38. The Kier molecular flexibility index (Phi) is 3.91. The predicted octanol–water partition coefficient (Wildman–Crippen LogP) is 3.23. The van der Waals surface area contributed by atoms with Crippen LogP contribution in [0, 0.1) is 0 Å². The Bertz CT molecular complexity index is 885. The molecule has 0 spiro atoms. The number of hydrogen-bond donors (Lipinski definition) is 2. The van der Waals surface area contributed by atoms with E-state index in [-0.39, 0.29) is 11.6 Å². The van der Waals surface area contributed by atoms with Crippen LogP contribution in [-0.4, -0.2) is 20.7 Å². The molecule has 1 heterocycles. The number of fused-ring (bicyclic) bond motifs is 1. The number of carbonyl (C=O) groups is 1. The number of carbonyl (C=O) groups excluding carboxylic acids is 1. The predicted molar refractivity (Wildman–Crippen MR) is 85.5 cm³/mol. The first-order chi connectivity index (χ1) is 11.1. The number of para-hydroxylation sites is 1. The molecule has 1 aromatic heterocycles. The van der Waals surface area contributed by atoms with Crippen molar-refractivity contribution in [3.63, 3.8) is 0 Å². The fourth-order valence-corrected chi connectivity index (χ4v) is 2.39. The van der Waals surface area contributed by atoms with E-state index < -0.39 is 12.0 Å². The van der Waals surface area contributed by atoms with Crippen LogP contribution in [0.2, 0.25) is 0 Å². The molecular weight excluding hydrogens is 294 g/mol. The van der Waals surface area contributed by atoms with Crippen LogP contribution in [0.4, 0.5) is 5.69 Å². The van der Waals surface area contributed by atoms with Crippen molar-refractivity contribution in [1.82, 2.24) is 4.57 Å². The molecule has 116 valence electrons. The number of benzene rings is 2. The van der Waals surface area contributed by atoms with E-state index in [4.69, 9.17) is 0 Å². The fraction of sp³-hybridized carbons (Fsp3) is 0.118. The maximum absolute atomic E-state index is 12.0. The number of amides is 1. The largest absolute Gasteiger partial charge is 0.493 e. The van der Waals surface area contributed by atoms with Gasteiger partial charge in [0.1, 0.15) is 0 Å². The molecule has 0 saturated carbocycles. The number of aromatic nitrogens is 1. The van der Waals surface area contributed by atoms with Crippen molar-refractivity contribution in [2.24, 2.45) is 17.3 Å². The molecule has 0 radical (unpaired) electrons. The van der Waals surface area contributed by atoms with E-state index in [0.29, 0.717) is 10.9 Å². The van der Waals surface area contributed by atoms with Gasteiger partial charge in [0, 0.05) is 12.4 Å². The van der Waals surface area contributed by atoms with E-state index in [1.165, 1.54) is 0 Å². The van der Waals surface area contributed by atoms with E-state index in [2.05, 4.69) is 10.2 Å². The minimum Gasteiger partial charge on any atom is -0.493 e. The Morgan fingerprint density at radius 2 is 1.74 bits per heavy atom. The third kappa shape index (κ3) is 2.72. The van der Waals surface area contributed by atoms with Gasteiger partial charge < -0.3 is 14.8 Å². The molecule has 2 N–H and O–H groups in total. The van der Waals surface area contributed by atoms with Crippen LogP contribution in [-0.2, 0) is 11.8 Å². The fourth-order valence-electron chi connectivity index (χ4n) is 2.39. The molecule has 23 heavy (non-hydrogen) atoms. The van der Waals surface area contributed by atoms with E-state index in [9.17, 15) is 15.0 Å². The van der Waals surface area contributed by atoms with Gasteiger partial charge in [0.2, 0.25) is 5.88 Å². The Morgan fingerprint density at radius 1 is 1.09 bits per heavy atom. The molecule has 3 aromatic rings. The van der Waals surface area contributed by atoms with Gasteiger partial charge in [-0.2, -0.15) is 0 Å². The molecule has 3 rings (SSSR count). The van der Waals surface area contributed by atoms with Crippen LogP contribution in [0.15, 0.2) is 64.8 Å². The van der Waals surface area contributed by atoms with Gasteiger partial charge in [0.05, 0.1) is 5.52 Å². The second-order valence-corrected chi connectivity index (χ2v) is 5.10. The Labute approximate surface area is 132 Å². The molecule has 6 nitrogen and oxygen atoms in total. The summed E-state index contributed by atoms with van der Waals surface area (Å²) in [6, 6.07) is 15.8. The second kappa shape index (κ2) is 6.02. The maximum Gasteiger partial charge on any atom is 0.297 e.